The van der Waals surface area contributed by atoms with Crippen LogP contribution in [-0.2, 0) is 11.8 Å². The lowest BCUT2D eigenvalue weighted by atomic mass is 9.61. The number of piperazine rings is 1. The minimum Gasteiger partial charge on any atom is -0.314 e. The van der Waals surface area contributed by atoms with Gasteiger partial charge in [0.15, 0.2) is 0 Å². The largest absolute Gasteiger partial charge is 0.314 e. The molecule has 0 saturated carbocycles. The fraction of sp³-hybridized carbons (Fsp3) is 0.375. The first-order chi connectivity index (χ1) is 14.3. The molecule has 1 saturated heterocycles. The number of fused-ring (bicyclic) bond motifs is 2. The van der Waals surface area contributed by atoms with Gasteiger partial charge in [-0.15, -0.1) is 0 Å². The van der Waals surface area contributed by atoms with E-state index in [0.717, 1.165) is 55.5 Å². The van der Waals surface area contributed by atoms with Gasteiger partial charge in [0.25, 0.3) is 0 Å². The summed E-state index contributed by atoms with van der Waals surface area (Å²) in [6.07, 6.45) is 4.78. The number of aryl methyl sites for hydroxylation is 1. The van der Waals surface area contributed by atoms with Crippen molar-refractivity contribution < 1.29 is 0 Å². The van der Waals surface area contributed by atoms with E-state index in [1.165, 1.54) is 11.1 Å². The van der Waals surface area contributed by atoms with Gasteiger partial charge in [0.2, 0.25) is 0 Å². The molecule has 5 nitrogen and oxygen atoms in total. The van der Waals surface area contributed by atoms with Crippen LogP contribution in [0.5, 0.6) is 0 Å². The predicted molar refractivity (Wildman–Crippen MR) is 114 cm³/mol. The Labute approximate surface area is 171 Å². The van der Waals surface area contributed by atoms with E-state index >= 15 is 0 Å². The monoisotopic (exact) mass is 383 g/mol. The number of nitrogens with one attached hydrogen (secondary N) is 2. The zero-order valence-electron chi connectivity index (χ0n) is 16.4. The topological polar surface area (TPSA) is 73.6 Å². The Hall–Kier alpha value is -2.81. The Morgan fingerprint density at radius 3 is 2.76 bits per heavy atom. The molecule has 3 unspecified atom stereocenters. The van der Waals surface area contributed by atoms with Gasteiger partial charge in [-0.25, -0.2) is 9.97 Å². The van der Waals surface area contributed by atoms with Crippen LogP contribution in [0.1, 0.15) is 35.6 Å². The van der Waals surface area contributed by atoms with Gasteiger partial charge in [-0.05, 0) is 36.5 Å². The van der Waals surface area contributed by atoms with Crippen molar-refractivity contribution >= 4 is 10.9 Å². The molecule has 0 amide bonds. The summed E-state index contributed by atoms with van der Waals surface area (Å²) in [5, 5.41) is 19.0. The highest BCUT2D eigenvalue weighted by atomic mass is 15.1. The van der Waals surface area contributed by atoms with E-state index in [1.807, 2.05) is 18.2 Å². The Morgan fingerprint density at radius 2 is 1.90 bits per heavy atom. The number of para-hydroxylation sites is 1. The first-order valence-electron chi connectivity index (χ1n) is 10.5. The molecule has 0 radical (unpaired) electrons. The first-order valence-corrected chi connectivity index (χ1v) is 10.5. The summed E-state index contributed by atoms with van der Waals surface area (Å²) in [5.74, 6) is 0.0909. The smallest absolute Gasteiger partial charge is 0.123 e. The summed E-state index contributed by atoms with van der Waals surface area (Å²) in [5.41, 5.74) is 3.64. The molecule has 3 atom stereocenters. The summed E-state index contributed by atoms with van der Waals surface area (Å²) in [6.45, 7) is 2.53. The zero-order valence-corrected chi connectivity index (χ0v) is 16.4. The standard InChI is InChI=1S/C24H25N5/c25-15-24(22-14-26-12-13-27-22,20-10-5-7-17-6-1-2-8-18(17)20)23-19-9-3-4-11-21(19)28-16-29-23/h1-4,6,8-9,11,16,20,22,26-27H,5,7,10,12-14H2. The van der Waals surface area contributed by atoms with Crippen LogP contribution in [0.25, 0.3) is 10.9 Å². The van der Waals surface area contributed by atoms with Crippen molar-refractivity contribution in [3.8, 4) is 6.07 Å². The van der Waals surface area contributed by atoms with Crippen molar-refractivity contribution in [2.24, 2.45) is 0 Å². The Balaban J connectivity index is 1.78. The van der Waals surface area contributed by atoms with Crippen molar-refractivity contribution in [3.05, 3.63) is 71.7 Å². The quantitative estimate of drug-likeness (QED) is 0.727. The van der Waals surface area contributed by atoms with E-state index in [1.54, 1.807) is 6.33 Å². The van der Waals surface area contributed by atoms with Gasteiger partial charge in [-0.2, -0.15) is 5.26 Å². The molecule has 2 aliphatic rings. The van der Waals surface area contributed by atoms with Gasteiger partial charge in [-0.1, -0.05) is 42.5 Å². The molecule has 29 heavy (non-hydrogen) atoms. The number of rotatable bonds is 3. The second-order valence-electron chi connectivity index (χ2n) is 8.07. The molecule has 2 aromatic carbocycles. The minimum absolute atomic E-state index is 0.0179. The molecule has 3 aromatic rings. The minimum atomic E-state index is -0.771. The SMILES string of the molecule is N#CC(c1ncnc2ccccc12)(C1CNCCN1)C1CCCc2ccccc21. The predicted octanol–water partition coefficient (Wildman–Crippen LogP) is 3.07. The van der Waals surface area contributed by atoms with E-state index in [9.17, 15) is 5.26 Å². The molecular weight excluding hydrogens is 358 g/mol. The third kappa shape index (κ3) is 2.91. The lowest BCUT2D eigenvalue weighted by molar-refractivity contribution is 0.255. The van der Waals surface area contributed by atoms with E-state index in [0.29, 0.717) is 0 Å². The number of nitrogens with zero attached hydrogens (tertiary/aromatic N) is 3. The van der Waals surface area contributed by atoms with Crippen molar-refractivity contribution in [2.45, 2.75) is 36.6 Å². The maximum absolute atomic E-state index is 10.8. The summed E-state index contributed by atoms with van der Waals surface area (Å²) < 4.78 is 0. The van der Waals surface area contributed by atoms with Gasteiger partial charge < -0.3 is 10.6 Å². The van der Waals surface area contributed by atoms with Gasteiger partial charge >= 0.3 is 0 Å². The number of nitriles is 1. The molecule has 146 valence electrons. The molecule has 5 rings (SSSR count). The molecule has 5 heteroatoms. The van der Waals surface area contributed by atoms with Crippen LogP contribution in [0.2, 0.25) is 0 Å². The fourth-order valence-corrected chi connectivity index (χ4v) is 5.32. The molecule has 2 N–H and O–H groups in total. The highest BCUT2D eigenvalue weighted by Crippen LogP contribution is 2.48. The average Bonchev–Trinajstić information content (AvgIpc) is 2.81. The lowest BCUT2D eigenvalue weighted by Gasteiger charge is -2.45. The molecular formula is C24H25N5. The summed E-state index contributed by atoms with van der Waals surface area (Å²) in [4.78, 5) is 9.24. The van der Waals surface area contributed by atoms with E-state index in [4.69, 9.17) is 4.98 Å². The first kappa shape index (κ1) is 18.2. The fourth-order valence-electron chi connectivity index (χ4n) is 5.32. The summed E-state index contributed by atoms with van der Waals surface area (Å²) in [6, 6.07) is 19.5. The van der Waals surface area contributed by atoms with Crippen LogP contribution in [0.15, 0.2) is 54.9 Å². The summed E-state index contributed by atoms with van der Waals surface area (Å²) >= 11 is 0. The zero-order chi connectivity index (χ0) is 19.7. The maximum Gasteiger partial charge on any atom is 0.123 e. The molecule has 1 aliphatic heterocycles. The maximum atomic E-state index is 10.8. The number of hydrogen-bond acceptors (Lipinski definition) is 5. The van der Waals surface area contributed by atoms with Crippen molar-refractivity contribution in [2.75, 3.05) is 19.6 Å². The number of benzene rings is 2. The third-order valence-corrected chi connectivity index (χ3v) is 6.63. The van der Waals surface area contributed by atoms with Crippen LogP contribution in [0.4, 0.5) is 0 Å². The van der Waals surface area contributed by atoms with Crippen LogP contribution < -0.4 is 10.6 Å². The second kappa shape index (κ2) is 7.55. The molecule has 1 fully saturated rings. The van der Waals surface area contributed by atoms with Crippen molar-refractivity contribution in [1.29, 1.82) is 5.26 Å². The van der Waals surface area contributed by atoms with Gasteiger partial charge in [0.1, 0.15) is 11.7 Å². The van der Waals surface area contributed by atoms with E-state index < -0.39 is 5.41 Å². The Bertz CT molecular complexity index is 1060. The van der Waals surface area contributed by atoms with Gasteiger partial charge in [-0.3, -0.25) is 0 Å². The Kier molecular flexibility index (Phi) is 4.75. The number of aromatic nitrogens is 2. The molecule has 2 heterocycles. The van der Waals surface area contributed by atoms with E-state index in [-0.39, 0.29) is 12.0 Å². The average molecular weight is 383 g/mol. The highest BCUT2D eigenvalue weighted by molar-refractivity contribution is 5.82. The molecule has 0 bridgehead atoms. The lowest BCUT2D eigenvalue weighted by Crippen LogP contribution is -2.60. The normalized spacial score (nSPS) is 23.7. The second-order valence-corrected chi connectivity index (χ2v) is 8.07. The molecule has 1 aliphatic carbocycles. The molecule has 1 aromatic heterocycles. The highest BCUT2D eigenvalue weighted by Gasteiger charge is 2.51. The van der Waals surface area contributed by atoms with Crippen LogP contribution in [0.3, 0.4) is 0 Å². The van der Waals surface area contributed by atoms with Gasteiger partial charge in [0, 0.05) is 37.0 Å². The van der Waals surface area contributed by atoms with Crippen LogP contribution >= 0.6 is 0 Å². The van der Waals surface area contributed by atoms with Crippen LogP contribution in [0, 0.1) is 11.3 Å². The van der Waals surface area contributed by atoms with Crippen molar-refractivity contribution in [3.63, 3.8) is 0 Å². The Morgan fingerprint density at radius 1 is 1.03 bits per heavy atom. The third-order valence-electron chi connectivity index (χ3n) is 6.63. The van der Waals surface area contributed by atoms with Crippen molar-refractivity contribution in [1.82, 2.24) is 20.6 Å². The van der Waals surface area contributed by atoms with Gasteiger partial charge in [0.05, 0.1) is 17.3 Å². The number of hydrogen-bond donors (Lipinski definition) is 2. The molecule has 0 spiro atoms. The van der Waals surface area contributed by atoms with Crippen LogP contribution in [-0.4, -0.2) is 35.6 Å². The summed E-state index contributed by atoms with van der Waals surface area (Å²) in [7, 11) is 0. The van der Waals surface area contributed by atoms with E-state index in [2.05, 4.69) is 52.0 Å².